The highest BCUT2D eigenvalue weighted by atomic mass is 35.5. The van der Waals surface area contributed by atoms with Gasteiger partial charge in [-0.3, -0.25) is 4.99 Å². The summed E-state index contributed by atoms with van der Waals surface area (Å²) in [6, 6.07) is 14.3. The molecular weight excluding hydrogens is 358 g/mol. The molecule has 5 nitrogen and oxygen atoms in total. The van der Waals surface area contributed by atoms with Gasteiger partial charge in [0.15, 0.2) is 5.96 Å². The fraction of sp³-hybridized carbons (Fsp3) is 0.429. The van der Waals surface area contributed by atoms with Gasteiger partial charge in [-0.15, -0.1) is 0 Å². The lowest BCUT2D eigenvalue weighted by Crippen LogP contribution is -2.38. The number of halogens is 1. The SMILES string of the molecule is CCNC(=NCCCCN(C)c1ccccc1)NCCc1ccc(Cl)nc1. The van der Waals surface area contributed by atoms with E-state index in [1.54, 1.807) is 0 Å². The van der Waals surface area contributed by atoms with Gasteiger partial charge in [0, 0.05) is 45.1 Å². The number of aliphatic imine (C=N–C) groups is 1. The van der Waals surface area contributed by atoms with Crippen LogP contribution in [0.4, 0.5) is 5.69 Å². The molecule has 6 heteroatoms. The Balaban J connectivity index is 1.67. The van der Waals surface area contributed by atoms with Crippen molar-refractivity contribution in [3.05, 3.63) is 59.4 Å². The summed E-state index contributed by atoms with van der Waals surface area (Å²) in [5.41, 5.74) is 2.42. The zero-order valence-corrected chi connectivity index (χ0v) is 17.0. The van der Waals surface area contributed by atoms with E-state index in [4.69, 9.17) is 11.6 Å². The van der Waals surface area contributed by atoms with Crippen LogP contribution in [0.25, 0.3) is 0 Å². The molecule has 2 N–H and O–H groups in total. The van der Waals surface area contributed by atoms with Gasteiger partial charge in [-0.05, 0) is 49.9 Å². The molecule has 0 saturated carbocycles. The zero-order valence-electron chi connectivity index (χ0n) is 16.3. The summed E-state index contributed by atoms with van der Waals surface area (Å²) in [5, 5.41) is 7.20. The molecule has 1 aromatic carbocycles. The first-order chi connectivity index (χ1) is 13.2. The van der Waals surface area contributed by atoms with Crippen LogP contribution in [0.2, 0.25) is 5.15 Å². The van der Waals surface area contributed by atoms with Crippen LogP contribution in [0.15, 0.2) is 53.7 Å². The molecule has 0 aliphatic rings. The number of hydrogen-bond acceptors (Lipinski definition) is 3. The number of guanidine groups is 1. The first-order valence-corrected chi connectivity index (χ1v) is 9.95. The molecule has 0 spiro atoms. The number of rotatable bonds is 10. The topological polar surface area (TPSA) is 52.6 Å². The second kappa shape index (κ2) is 12.2. The van der Waals surface area contributed by atoms with E-state index in [1.165, 1.54) is 5.69 Å². The summed E-state index contributed by atoms with van der Waals surface area (Å²) < 4.78 is 0. The first-order valence-electron chi connectivity index (χ1n) is 9.58. The highest BCUT2D eigenvalue weighted by Gasteiger charge is 2.01. The third-order valence-corrected chi connectivity index (χ3v) is 4.43. The number of pyridine rings is 1. The maximum Gasteiger partial charge on any atom is 0.191 e. The maximum atomic E-state index is 5.82. The van der Waals surface area contributed by atoms with Crippen LogP contribution in [0, 0.1) is 0 Å². The van der Waals surface area contributed by atoms with Crippen molar-refractivity contribution >= 4 is 23.2 Å². The van der Waals surface area contributed by atoms with Crippen molar-refractivity contribution in [2.75, 3.05) is 38.1 Å². The number of benzene rings is 1. The van der Waals surface area contributed by atoms with Gasteiger partial charge in [-0.1, -0.05) is 35.9 Å². The maximum absolute atomic E-state index is 5.82. The van der Waals surface area contributed by atoms with E-state index < -0.39 is 0 Å². The largest absolute Gasteiger partial charge is 0.375 e. The minimum absolute atomic E-state index is 0.527. The third-order valence-electron chi connectivity index (χ3n) is 4.21. The quantitative estimate of drug-likeness (QED) is 0.282. The summed E-state index contributed by atoms with van der Waals surface area (Å²) in [4.78, 5) is 11.1. The van der Waals surface area contributed by atoms with Crippen molar-refractivity contribution in [3.8, 4) is 0 Å². The lowest BCUT2D eigenvalue weighted by Gasteiger charge is -2.18. The minimum atomic E-state index is 0.527. The Morgan fingerprint density at radius 1 is 1.11 bits per heavy atom. The van der Waals surface area contributed by atoms with Crippen LogP contribution < -0.4 is 15.5 Å². The van der Waals surface area contributed by atoms with Gasteiger partial charge in [0.25, 0.3) is 0 Å². The molecule has 2 rings (SSSR count). The van der Waals surface area contributed by atoms with E-state index in [0.29, 0.717) is 5.15 Å². The van der Waals surface area contributed by atoms with E-state index in [0.717, 1.165) is 57.0 Å². The van der Waals surface area contributed by atoms with E-state index in [2.05, 4.69) is 63.7 Å². The monoisotopic (exact) mass is 387 g/mol. The lowest BCUT2D eigenvalue weighted by atomic mass is 10.2. The van der Waals surface area contributed by atoms with Crippen molar-refractivity contribution in [2.45, 2.75) is 26.2 Å². The Labute approximate surface area is 167 Å². The summed E-state index contributed by atoms with van der Waals surface area (Å²) >= 11 is 5.82. The molecule has 0 fully saturated rings. The highest BCUT2D eigenvalue weighted by molar-refractivity contribution is 6.29. The van der Waals surface area contributed by atoms with Gasteiger partial charge >= 0.3 is 0 Å². The number of anilines is 1. The van der Waals surface area contributed by atoms with Crippen LogP contribution in [-0.4, -0.2) is 44.2 Å². The number of nitrogens with zero attached hydrogens (tertiary/aromatic N) is 3. The Hall–Kier alpha value is -2.27. The van der Waals surface area contributed by atoms with E-state index in [9.17, 15) is 0 Å². The summed E-state index contributed by atoms with van der Waals surface area (Å²) in [7, 11) is 2.13. The lowest BCUT2D eigenvalue weighted by molar-refractivity contribution is 0.718. The molecule has 0 aliphatic carbocycles. The van der Waals surface area contributed by atoms with Crippen LogP contribution in [0.5, 0.6) is 0 Å². The van der Waals surface area contributed by atoms with Crippen molar-refractivity contribution in [3.63, 3.8) is 0 Å². The number of nitrogens with one attached hydrogen (secondary N) is 2. The minimum Gasteiger partial charge on any atom is -0.375 e. The molecule has 2 aromatic rings. The molecule has 0 bridgehead atoms. The van der Waals surface area contributed by atoms with Gasteiger partial charge in [-0.25, -0.2) is 4.98 Å². The molecule has 0 aliphatic heterocycles. The predicted molar refractivity (Wildman–Crippen MR) is 116 cm³/mol. The summed E-state index contributed by atoms with van der Waals surface area (Å²) in [6.07, 6.45) is 4.88. The standard InChI is InChI=1S/C21H30ClN5/c1-3-23-21(25-15-13-18-11-12-20(22)26-17-18)24-14-7-8-16-27(2)19-9-5-4-6-10-19/h4-6,9-12,17H,3,7-8,13-16H2,1-2H3,(H2,23,24,25). The number of unbranched alkanes of at least 4 members (excludes halogenated alkanes) is 1. The van der Waals surface area contributed by atoms with Gasteiger partial charge in [0.05, 0.1) is 0 Å². The molecule has 0 saturated heterocycles. The molecule has 1 aromatic heterocycles. The number of aromatic nitrogens is 1. The fourth-order valence-electron chi connectivity index (χ4n) is 2.68. The third kappa shape index (κ3) is 8.31. The van der Waals surface area contributed by atoms with E-state index in [-0.39, 0.29) is 0 Å². The first kappa shape index (κ1) is 21.0. The zero-order chi connectivity index (χ0) is 19.3. The second-order valence-electron chi connectivity index (χ2n) is 6.39. The number of hydrogen-bond donors (Lipinski definition) is 2. The van der Waals surface area contributed by atoms with E-state index in [1.807, 2.05) is 24.4 Å². The molecule has 0 radical (unpaired) electrons. The molecule has 0 amide bonds. The normalized spacial score (nSPS) is 11.3. The Morgan fingerprint density at radius 2 is 1.93 bits per heavy atom. The average molecular weight is 388 g/mol. The Kier molecular flexibility index (Phi) is 9.49. The molecule has 27 heavy (non-hydrogen) atoms. The van der Waals surface area contributed by atoms with Crippen LogP contribution in [-0.2, 0) is 6.42 Å². The van der Waals surface area contributed by atoms with Crippen molar-refractivity contribution in [2.24, 2.45) is 4.99 Å². The van der Waals surface area contributed by atoms with Crippen LogP contribution in [0.3, 0.4) is 0 Å². The number of para-hydroxylation sites is 1. The van der Waals surface area contributed by atoms with Gasteiger partial charge < -0.3 is 15.5 Å². The second-order valence-corrected chi connectivity index (χ2v) is 6.78. The average Bonchev–Trinajstić information content (AvgIpc) is 2.69. The fourth-order valence-corrected chi connectivity index (χ4v) is 2.80. The molecular formula is C21H30ClN5. The van der Waals surface area contributed by atoms with Crippen LogP contribution in [0.1, 0.15) is 25.3 Å². The summed E-state index contributed by atoms with van der Waals surface area (Å²) in [6.45, 7) is 5.60. The van der Waals surface area contributed by atoms with Crippen molar-refractivity contribution in [1.82, 2.24) is 15.6 Å². The highest BCUT2D eigenvalue weighted by Crippen LogP contribution is 2.11. The Morgan fingerprint density at radius 3 is 2.63 bits per heavy atom. The van der Waals surface area contributed by atoms with E-state index >= 15 is 0 Å². The molecule has 0 unspecified atom stereocenters. The van der Waals surface area contributed by atoms with Crippen LogP contribution >= 0.6 is 11.6 Å². The predicted octanol–water partition coefficient (Wildman–Crippen LogP) is 3.75. The Bertz CT molecular complexity index is 673. The molecule has 146 valence electrons. The molecule has 0 atom stereocenters. The van der Waals surface area contributed by atoms with Gasteiger partial charge in [0.1, 0.15) is 5.15 Å². The van der Waals surface area contributed by atoms with Gasteiger partial charge in [-0.2, -0.15) is 0 Å². The summed E-state index contributed by atoms with van der Waals surface area (Å²) in [5.74, 6) is 0.871. The van der Waals surface area contributed by atoms with Gasteiger partial charge in [0.2, 0.25) is 0 Å². The van der Waals surface area contributed by atoms with Crippen molar-refractivity contribution in [1.29, 1.82) is 0 Å². The van der Waals surface area contributed by atoms with Crippen molar-refractivity contribution < 1.29 is 0 Å². The molecule has 1 heterocycles. The smallest absolute Gasteiger partial charge is 0.191 e.